The SMILES string of the molecule is C=C(CCC)OCCS(=O)(=O)F. The van der Waals surface area contributed by atoms with Crippen molar-refractivity contribution >= 4 is 10.2 Å². The predicted octanol–water partition coefficient (Wildman–Crippen LogP) is 1.62. The Bertz CT molecular complexity index is 233. The molecule has 0 saturated carbocycles. The summed E-state index contributed by atoms with van der Waals surface area (Å²) in [5.74, 6) is -0.100. The van der Waals surface area contributed by atoms with Crippen molar-refractivity contribution in [1.82, 2.24) is 0 Å². The van der Waals surface area contributed by atoms with Gasteiger partial charge in [-0.3, -0.25) is 0 Å². The third-order valence-electron chi connectivity index (χ3n) is 1.16. The monoisotopic (exact) mass is 196 g/mol. The Hall–Kier alpha value is -0.580. The van der Waals surface area contributed by atoms with E-state index in [0.717, 1.165) is 6.42 Å². The molecule has 0 spiro atoms. The minimum absolute atomic E-state index is 0.155. The molecule has 0 N–H and O–H groups in total. The molecule has 0 bridgehead atoms. The lowest BCUT2D eigenvalue weighted by Crippen LogP contribution is -2.06. The molecule has 0 atom stereocenters. The maximum atomic E-state index is 11.9. The van der Waals surface area contributed by atoms with Gasteiger partial charge in [-0.1, -0.05) is 13.5 Å². The maximum Gasteiger partial charge on any atom is 0.305 e. The first-order valence-corrected chi connectivity index (χ1v) is 5.24. The molecule has 12 heavy (non-hydrogen) atoms. The van der Waals surface area contributed by atoms with Crippen molar-refractivity contribution in [2.45, 2.75) is 19.8 Å². The van der Waals surface area contributed by atoms with Crippen LogP contribution in [0.25, 0.3) is 0 Å². The van der Waals surface area contributed by atoms with E-state index in [4.69, 9.17) is 4.74 Å². The molecule has 0 saturated heterocycles. The summed E-state index contributed by atoms with van der Waals surface area (Å²) < 4.78 is 36.7. The van der Waals surface area contributed by atoms with Gasteiger partial charge in [0.05, 0.1) is 5.76 Å². The minimum atomic E-state index is -4.40. The van der Waals surface area contributed by atoms with Crippen LogP contribution >= 0.6 is 0 Å². The summed E-state index contributed by atoms with van der Waals surface area (Å²) in [6.45, 7) is 5.31. The summed E-state index contributed by atoms with van der Waals surface area (Å²) in [5, 5.41) is 0. The molecule has 0 unspecified atom stereocenters. The van der Waals surface area contributed by atoms with E-state index in [0.29, 0.717) is 12.2 Å². The summed E-state index contributed by atoms with van der Waals surface area (Å²) in [6, 6.07) is 0. The standard InChI is InChI=1S/C7H13FO3S/c1-3-4-7(2)11-5-6-12(8,9)10/h2-6H2,1H3. The molecule has 0 aromatic rings. The summed E-state index contributed by atoms with van der Waals surface area (Å²) in [6.07, 6.45) is 1.55. The lowest BCUT2D eigenvalue weighted by molar-refractivity contribution is 0.220. The van der Waals surface area contributed by atoms with Crippen LogP contribution in [0.5, 0.6) is 0 Å². The van der Waals surface area contributed by atoms with Gasteiger partial charge in [-0.25, -0.2) is 0 Å². The Kier molecular flexibility index (Phi) is 4.89. The Morgan fingerprint density at radius 2 is 2.17 bits per heavy atom. The highest BCUT2D eigenvalue weighted by Gasteiger charge is 2.06. The van der Waals surface area contributed by atoms with E-state index in [-0.39, 0.29) is 6.61 Å². The number of hydrogen-bond acceptors (Lipinski definition) is 3. The van der Waals surface area contributed by atoms with E-state index < -0.39 is 16.0 Å². The quantitative estimate of drug-likeness (QED) is 0.479. The molecule has 0 fully saturated rings. The molecule has 0 amide bonds. The average molecular weight is 196 g/mol. The molecule has 72 valence electrons. The Balaban J connectivity index is 3.51. The topological polar surface area (TPSA) is 43.4 Å². The summed E-state index contributed by atoms with van der Waals surface area (Å²) in [7, 11) is -4.40. The second-order valence-electron chi connectivity index (χ2n) is 2.38. The fourth-order valence-electron chi connectivity index (χ4n) is 0.637. The van der Waals surface area contributed by atoms with Crippen molar-refractivity contribution < 1.29 is 17.0 Å². The van der Waals surface area contributed by atoms with Crippen molar-refractivity contribution in [3.05, 3.63) is 12.3 Å². The fraction of sp³-hybridized carbons (Fsp3) is 0.714. The molecule has 0 aromatic carbocycles. The third-order valence-corrected chi connectivity index (χ3v) is 1.82. The zero-order valence-corrected chi connectivity index (χ0v) is 7.86. The third kappa shape index (κ3) is 7.53. The number of allylic oxidation sites excluding steroid dienone is 1. The van der Waals surface area contributed by atoms with E-state index in [1.165, 1.54) is 0 Å². The molecule has 0 rings (SSSR count). The van der Waals surface area contributed by atoms with Gasteiger partial charge in [0.2, 0.25) is 0 Å². The van der Waals surface area contributed by atoms with Crippen LogP contribution in [0.2, 0.25) is 0 Å². The Morgan fingerprint density at radius 3 is 2.58 bits per heavy atom. The summed E-state index contributed by atoms with van der Waals surface area (Å²) >= 11 is 0. The first kappa shape index (κ1) is 11.4. The van der Waals surface area contributed by atoms with E-state index in [9.17, 15) is 12.3 Å². The Labute approximate surface area is 72.4 Å². The van der Waals surface area contributed by atoms with E-state index in [1.54, 1.807) is 0 Å². The van der Waals surface area contributed by atoms with Gasteiger partial charge in [-0.05, 0) is 6.42 Å². The highest BCUT2D eigenvalue weighted by Crippen LogP contribution is 2.03. The molecular weight excluding hydrogens is 183 g/mol. The first-order chi connectivity index (χ1) is 5.45. The number of rotatable bonds is 6. The summed E-state index contributed by atoms with van der Waals surface area (Å²) in [4.78, 5) is 0. The van der Waals surface area contributed by atoms with Gasteiger partial charge < -0.3 is 4.74 Å². The molecule has 0 aliphatic carbocycles. The van der Waals surface area contributed by atoms with Gasteiger partial charge in [0.25, 0.3) is 0 Å². The van der Waals surface area contributed by atoms with Crippen LogP contribution in [0, 0.1) is 0 Å². The van der Waals surface area contributed by atoms with Crippen molar-refractivity contribution in [1.29, 1.82) is 0 Å². The van der Waals surface area contributed by atoms with Gasteiger partial charge in [0, 0.05) is 6.42 Å². The second kappa shape index (κ2) is 5.13. The molecule has 0 aromatic heterocycles. The van der Waals surface area contributed by atoms with Crippen LogP contribution in [-0.2, 0) is 15.0 Å². The van der Waals surface area contributed by atoms with Gasteiger partial charge in [-0.15, -0.1) is 3.89 Å². The predicted molar refractivity (Wildman–Crippen MR) is 44.9 cm³/mol. The van der Waals surface area contributed by atoms with Crippen molar-refractivity contribution in [3.63, 3.8) is 0 Å². The van der Waals surface area contributed by atoms with Gasteiger partial charge in [-0.2, -0.15) is 8.42 Å². The lowest BCUT2D eigenvalue weighted by Gasteiger charge is -2.05. The lowest BCUT2D eigenvalue weighted by atomic mass is 10.3. The van der Waals surface area contributed by atoms with Crippen molar-refractivity contribution in [3.8, 4) is 0 Å². The molecular formula is C7H13FO3S. The molecule has 5 heteroatoms. The highest BCUT2D eigenvalue weighted by atomic mass is 32.3. The van der Waals surface area contributed by atoms with Crippen LogP contribution in [0.15, 0.2) is 12.3 Å². The molecule has 0 aliphatic rings. The normalized spacial score (nSPS) is 11.2. The highest BCUT2D eigenvalue weighted by molar-refractivity contribution is 7.86. The first-order valence-electron chi connectivity index (χ1n) is 3.68. The largest absolute Gasteiger partial charge is 0.497 e. The van der Waals surface area contributed by atoms with E-state index in [2.05, 4.69) is 6.58 Å². The smallest absolute Gasteiger partial charge is 0.305 e. The van der Waals surface area contributed by atoms with Crippen molar-refractivity contribution in [2.24, 2.45) is 0 Å². The van der Waals surface area contributed by atoms with Crippen LogP contribution < -0.4 is 0 Å². The number of hydrogen-bond donors (Lipinski definition) is 0. The van der Waals surface area contributed by atoms with Crippen LogP contribution in [0.4, 0.5) is 3.89 Å². The average Bonchev–Trinajstić information content (AvgIpc) is 1.84. The zero-order chi connectivity index (χ0) is 9.61. The van der Waals surface area contributed by atoms with Crippen molar-refractivity contribution in [2.75, 3.05) is 12.4 Å². The summed E-state index contributed by atoms with van der Waals surface area (Å²) in [5.41, 5.74) is 0. The maximum absolute atomic E-state index is 11.9. The molecule has 0 radical (unpaired) electrons. The van der Waals surface area contributed by atoms with E-state index >= 15 is 0 Å². The molecule has 3 nitrogen and oxygen atoms in total. The number of ether oxygens (including phenoxy) is 1. The van der Waals surface area contributed by atoms with E-state index in [1.807, 2.05) is 6.92 Å². The Morgan fingerprint density at radius 1 is 1.58 bits per heavy atom. The number of halogens is 1. The molecule has 0 heterocycles. The minimum Gasteiger partial charge on any atom is -0.497 e. The van der Waals surface area contributed by atoms with Crippen LogP contribution in [0.3, 0.4) is 0 Å². The van der Waals surface area contributed by atoms with Crippen LogP contribution in [0.1, 0.15) is 19.8 Å². The second-order valence-corrected chi connectivity index (χ2v) is 3.87. The van der Waals surface area contributed by atoms with Gasteiger partial charge >= 0.3 is 10.2 Å². The van der Waals surface area contributed by atoms with Gasteiger partial charge in [0.1, 0.15) is 12.4 Å². The van der Waals surface area contributed by atoms with Gasteiger partial charge in [0.15, 0.2) is 0 Å². The zero-order valence-electron chi connectivity index (χ0n) is 7.05. The molecule has 0 aliphatic heterocycles. The van der Waals surface area contributed by atoms with Crippen LogP contribution in [-0.4, -0.2) is 20.8 Å². The fourth-order valence-corrected chi connectivity index (χ4v) is 0.919.